The van der Waals surface area contributed by atoms with Crippen molar-refractivity contribution >= 4 is 0 Å². The van der Waals surface area contributed by atoms with Gasteiger partial charge in [-0.2, -0.15) is 10.2 Å². The van der Waals surface area contributed by atoms with Gasteiger partial charge in [-0.25, -0.2) is 0 Å². The summed E-state index contributed by atoms with van der Waals surface area (Å²) in [6, 6.07) is 4.11. The third kappa shape index (κ3) is 5.59. The van der Waals surface area contributed by atoms with Crippen molar-refractivity contribution in [3.8, 4) is 0 Å². The van der Waals surface area contributed by atoms with E-state index in [4.69, 9.17) is 0 Å². The predicted molar refractivity (Wildman–Crippen MR) is 85.9 cm³/mol. The molecular weight excluding hydrogens is 248 g/mol. The molecule has 2 heterocycles. The molecule has 2 aromatic heterocycles. The van der Waals surface area contributed by atoms with Gasteiger partial charge in [0.15, 0.2) is 0 Å². The molecule has 0 radical (unpaired) electrons. The molecular formula is C16H30N4. The molecule has 114 valence electrons. The zero-order chi connectivity index (χ0) is 15.5. The van der Waals surface area contributed by atoms with E-state index in [9.17, 15) is 0 Å². The summed E-state index contributed by atoms with van der Waals surface area (Å²) in [6.45, 7) is 13.6. The third-order valence-electron chi connectivity index (χ3n) is 2.93. The van der Waals surface area contributed by atoms with Crippen LogP contribution in [0.15, 0.2) is 24.5 Å². The van der Waals surface area contributed by atoms with Crippen molar-refractivity contribution in [2.45, 2.75) is 60.4 Å². The fourth-order valence-electron chi connectivity index (χ4n) is 1.85. The van der Waals surface area contributed by atoms with Crippen molar-refractivity contribution in [3.63, 3.8) is 0 Å². The Labute approximate surface area is 123 Å². The van der Waals surface area contributed by atoms with Gasteiger partial charge in [-0.3, -0.25) is 9.36 Å². The first kappa shape index (κ1) is 18.4. The van der Waals surface area contributed by atoms with E-state index in [1.165, 1.54) is 11.4 Å². The van der Waals surface area contributed by atoms with Crippen molar-refractivity contribution in [2.75, 3.05) is 0 Å². The van der Waals surface area contributed by atoms with Crippen molar-refractivity contribution in [1.82, 2.24) is 19.6 Å². The summed E-state index contributed by atoms with van der Waals surface area (Å²) in [5.41, 5.74) is 2.60. The SMILES string of the molecule is CC.CCc1ccnn1C.CCn1nccc1C(C)C. The molecule has 0 atom stereocenters. The molecule has 0 N–H and O–H groups in total. The molecule has 4 heteroatoms. The average Bonchev–Trinajstić information content (AvgIpc) is 3.09. The Bertz CT molecular complexity index is 454. The van der Waals surface area contributed by atoms with E-state index in [2.05, 4.69) is 44.0 Å². The molecule has 0 aliphatic carbocycles. The van der Waals surface area contributed by atoms with Crippen LogP contribution in [0.5, 0.6) is 0 Å². The Morgan fingerprint density at radius 1 is 1.05 bits per heavy atom. The van der Waals surface area contributed by atoms with Gasteiger partial charge in [0.25, 0.3) is 0 Å². The molecule has 0 aliphatic heterocycles. The largest absolute Gasteiger partial charge is 0.273 e. The summed E-state index contributed by atoms with van der Waals surface area (Å²) >= 11 is 0. The zero-order valence-corrected chi connectivity index (χ0v) is 14.1. The molecule has 0 aliphatic rings. The van der Waals surface area contributed by atoms with Crippen molar-refractivity contribution in [1.29, 1.82) is 0 Å². The van der Waals surface area contributed by atoms with Crippen molar-refractivity contribution in [2.24, 2.45) is 7.05 Å². The predicted octanol–water partition coefficient (Wildman–Crippen LogP) is 4.04. The first-order valence-electron chi connectivity index (χ1n) is 7.58. The summed E-state index contributed by atoms with van der Waals surface area (Å²) in [5.74, 6) is 0.586. The summed E-state index contributed by atoms with van der Waals surface area (Å²) in [6.07, 6.45) is 4.74. The molecule has 20 heavy (non-hydrogen) atoms. The van der Waals surface area contributed by atoms with Gasteiger partial charge >= 0.3 is 0 Å². The van der Waals surface area contributed by atoms with Crippen LogP contribution in [-0.4, -0.2) is 19.6 Å². The maximum Gasteiger partial charge on any atom is 0.0492 e. The van der Waals surface area contributed by atoms with Gasteiger partial charge in [0.05, 0.1) is 0 Å². The second-order valence-electron chi connectivity index (χ2n) is 4.53. The lowest BCUT2D eigenvalue weighted by molar-refractivity contribution is 0.598. The van der Waals surface area contributed by atoms with Crippen LogP contribution in [0.1, 0.15) is 58.8 Å². The first-order chi connectivity index (χ1) is 9.60. The van der Waals surface area contributed by atoms with Crippen LogP contribution in [0.2, 0.25) is 0 Å². The molecule has 0 saturated heterocycles. The fraction of sp³-hybridized carbons (Fsp3) is 0.625. The van der Waals surface area contributed by atoms with Crippen LogP contribution in [0, 0.1) is 0 Å². The maximum absolute atomic E-state index is 4.17. The van der Waals surface area contributed by atoms with Gasteiger partial charge in [-0.05, 0) is 31.4 Å². The van der Waals surface area contributed by atoms with Crippen molar-refractivity contribution < 1.29 is 0 Å². The lowest BCUT2D eigenvalue weighted by Gasteiger charge is -2.06. The Morgan fingerprint density at radius 3 is 1.95 bits per heavy atom. The topological polar surface area (TPSA) is 35.6 Å². The summed E-state index contributed by atoms with van der Waals surface area (Å²) in [7, 11) is 1.96. The molecule has 2 aromatic rings. The highest BCUT2D eigenvalue weighted by atomic mass is 15.3. The van der Waals surface area contributed by atoms with Crippen LogP contribution >= 0.6 is 0 Å². The van der Waals surface area contributed by atoms with E-state index in [1.807, 2.05) is 48.7 Å². The smallest absolute Gasteiger partial charge is 0.0492 e. The lowest BCUT2D eigenvalue weighted by atomic mass is 10.1. The van der Waals surface area contributed by atoms with Crippen molar-refractivity contribution in [3.05, 3.63) is 35.9 Å². The second kappa shape index (κ2) is 10.2. The quantitative estimate of drug-likeness (QED) is 0.849. The Hall–Kier alpha value is -1.58. The van der Waals surface area contributed by atoms with E-state index < -0.39 is 0 Å². The van der Waals surface area contributed by atoms with Gasteiger partial charge in [0, 0.05) is 37.4 Å². The molecule has 4 nitrogen and oxygen atoms in total. The van der Waals surface area contributed by atoms with E-state index in [1.54, 1.807) is 0 Å². The van der Waals surface area contributed by atoms with Crippen LogP contribution in [-0.2, 0) is 20.0 Å². The van der Waals surface area contributed by atoms with Gasteiger partial charge in [-0.15, -0.1) is 0 Å². The first-order valence-corrected chi connectivity index (χ1v) is 7.58. The molecule has 0 amide bonds. The van der Waals surface area contributed by atoms with Crippen LogP contribution in [0.4, 0.5) is 0 Å². The molecule has 0 fully saturated rings. The second-order valence-corrected chi connectivity index (χ2v) is 4.53. The maximum atomic E-state index is 4.17. The minimum atomic E-state index is 0.586. The Morgan fingerprint density at radius 2 is 1.65 bits per heavy atom. The van der Waals surface area contributed by atoms with E-state index in [-0.39, 0.29) is 0 Å². The fourth-order valence-corrected chi connectivity index (χ4v) is 1.85. The summed E-state index contributed by atoms with van der Waals surface area (Å²) in [5, 5.41) is 8.18. The number of hydrogen-bond acceptors (Lipinski definition) is 2. The highest BCUT2D eigenvalue weighted by Crippen LogP contribution is 2.12. The standard InChI is InChI=1S/C8H14N2.C6H10N2.C2H6/c1-4-10-8(7(2)3)5-6-9-10;1-3-6-4-5-7-8(6)2;1-2/h5-7H,4H2,1-3H3;4-5H,3H2,1-2H3;1-2H3. The molecule has 0 bridgehead atoms. The molecule has 0 unspecified atom stereocenters. The lowest BCUT2D eigenvalue weighted by Crippen LogP contribution is -2.03. The van der Waals surface area contributed by atoms with E-state index in [0.29, 0.717) is 5.92 Å². The number of aromatic nitrogens is 4. The third-order valence-corrected chi connectivity index (χ3v) is 2.93. The summed E-state index contributed by atoms with van der Waals surface area (Å²) in [4.78, 5) is 0. The van der Waals surface area contributed by atoms with Crippen LogP contribution in [0.25, 0.3) is 0 Å². The highest BCUT2D eigenvalue weighted by Gasteiger charge is 2.03. The van der Waals surface area contributed by atoms with E-state index in [0.717, 1.165) is 13.0 Å². The monoisotopic (exact) mass is 278 g/mol. The summed E-state index contributed by atoms with van der Waals surface area (Å²) < 4.78 is 3.92. The molecule has 0 saturated carbocycles. The number of rotatable bonds is 3. The number of hydrogen-bond donors (Lipinski definition) is 0. The minimum Gasteiger partial charge on any atom is -0.273 e. The zero-order valence-electron chi connectivity index (χ0n) is 14.1. The van der Waals surface area contributed by atoms with Gasteiger partial charge in [0.2, 0.25) is 0 Å². The molecule has 0 aromatic carbocycles. The molecule has 2 rings (SSSR count). The van der Waals surface area contributed by atoms with Gasteiger partial charge in [-0.1, -0.05) is 34.6 Å². The minimum absolute atomic E-state index is 0.586. The Kier molecular flexibility index (Phi) is 9.43. The average molecular weight is 278 g/mol. The normalized spacial score (nSPS) is 9.60. The highest BCUT2D eigenvalue weighted by molar-refractivity contribution is 5.04. The van der Waals surface area contributed by atoms with E-state index >= 15 is 0 Å². The molecule has 0 spiro atoms. The number of aryl methyl sites for hydroxylation is 3. The van der Waals surface area contributed by atoms with Crippen LogP contribution < -0.4 is 0 Å². The number of nitrogens with zero attached hydrogens (tertiary/aromatic N) is 4. The van der Waals surface area contributed by atoms with Gasteiger partial charge in [0.1, 0.15) is 0 Å². The van der Waals surface area contributed by atoms with Crippen LogP contribution in [0.3, 0.4) is 0 Å². The Balaban J connectivity index is 0.000000327. The van der Waals surface area contributed by atoms with Gasteiger partial charge < -0.3 is 0 Å².